The van der Waals surface area contributed by atoms with Gasteiger partial charge < -0.3 is 15.6 Å². The number of rotatable bonds is 6. The number of carbonyl (C=O) groups is 2. The molecule has 27 heavy (non-hydrogen) atoms. The first-order chi connectivity index (χ1) is 13.0. The standard InChI is InChI=1S/C18H25N7O2/c1-4-19-18(27)15-8-13(9-25(15)10-16-20-5-6-21-16)24-17(26)14-7-11(2)22-12(3)23-14/h5-7,13,15H,4,8-10H2,1-3H3,(H,19,27)(H,20,21)(H,24,26)/t13-,15-/m0/s1. The summed E-state index contributed by atoms with van der Waals surface area (Å²) in [5.41, 5.74) is 1.10. The van der Waals surface area contributed by atoms with Crippen molar-refractivity contribution >= 4 is 11.8 Å². The van der Waals surface area contributed by atoms with Crippen LogP contribution in [0.5, 0.6) is 0 Å². The van der Waals surface area contributed by atoms with Crippen molar-refractivity contribution in [1.29, 1.82) is 0 Å². The molecule has 1 aliphatic rings. The molecule has 144 valence electrons. The van der Waals surface area contributed by atoms with Gasteiger partial charge in [-0.2, -0.15) is 0 Å². The molecule has 2 aromatic rings. The van der Waals surface area contributed by atoms with Crippen LogP contribution in [-0.2, 0) is 11.3 Å². The summed E-state index contributed by atoms with van der Waals surface area (Å²) in [5.74, 6) is 1.07. The van der Waals surface area contributed by atoms with E-state index in [0.717, 1.165) is 11.5 Å². The number of imidazole rings is 1. The molecule has 2 amide bonds. The van der Waals surface area contributed by atoms with Gasteiger partial charge >= 0.3 is 0 Å². The molecule has 0 radical (unpaired) electrons. The molecule has 2 atom stereocenters. The highest BCUT2D eigenvalue weighted by molar-refractivity contribution is 5.92. The Morgan fingerprint density at radius 2 is 2.15 bits per heavy atom. The van der Waals surface area contributed by atoms with Crippen LogP contribution < -0.4 is 10.6 Å². The van der Waals surface area contributed by atoms with Crippen LogP contribution in [0.2, 0.25) is 0 Å². The van der Waals surface area contributed by atoms with Crippen molar-refractivity contribution in [1.82, 2.24) is 35.5 Å². The predicted molar refractivity (Wildman–Crippen MR) is 98.8 cm³/mol. The molecule has 0 bridgehead atoms. The molecule has 0 saturated carbocycles. The third-order valence-electron chi connectivity index (χ3n) is 4.50. The normalized spacial score (nSPS) is 19.8. The predicted octanol–water partition coefficient (Wildman–Crippen LogP) is 0.326. The number of amides is 2. The van der Waals surface area contributed by atoms with Crippen LogP contribution in [0.3, 0.4) is 0 Å². The topological polar surface area (TPSA) is 116 Å². The molecule has 3 rings (SSSR count). The Morgan fingerprint density at radius 1 is 1.33 bits per heavy atom. The van der Waals surface area contributed by atoms with E-state index in [1.54, 1.807) is 25.4 Å². The van der Waals surface area contributed by atoms with Gasteiger partial charge in [-0.05, 0) is 33.3 Å². The van der Waals surface area contributed by atoms with Gasteiger partial charge in [0.1, 0.15) is 17.3 Å². The average Bonchev–Trinajstić information content (AvgIpc) is 3.24. The Morgan fingerprint density at radius 3 is 2.81 bits per heavy atom. The largest absolute Gasteiger partial charge is 0.355 e. The number of hydrogen-bond donors (Lipinski definition) is 3. The number of nitrogens with zero attached hydrogens (tertiary/aromatic N) is 4. The average molecular weight is 371 g/mol. The number of nitrogens with one attached hydrogen (secondary N) is 3. The van der Waals surface area contributed by atoms with Crippen LogP contribution in [0.25, 0.3) is 0 Å². The van der Waals surface area contributed by atoms with Gasteiger partial charge in [-0.15, -0.1) is 0 Å². The van der Waals surface area contributed by atoms with Crippen molar-refractivity contribution in [3.8, 4) is 0 Å². The van der Waals surface area contributed by atoms with Gasteiger partial charge in [-0.1, -0.05) is 0 Å². The zero-order valence-corrected chi connectivity index (χ0v) is 15.8. The van der Waals surface area contributed by atoms with E-state index >= 15 is 0 Å². The lowest BCUT2D eigenvalue weighted by atomic mass is 10.1. The number of hydrogen-bond acceptors (Lipinski definition) is 6. The maximum Gasteiger partial charge on any atom is 0.270 e. The first-order valence-electron chi connectivity index (χ1n) is 9.09. The number of aromatic amines is 1. The Bertz CT molecular complexity index is 786. The molecule has 9 nitrogen and oxygen atoms in total. The van der Waals surface area contributed by atoms with Gasteiger partial charge in [-0.3, -0.25) is 14.5 Å². The summed E-state index contributed by atoms with van der Waals surface area (Å²) in [6.07, 6.45) is 3.98. The fourth-order valence-electron chi connectivity index (χ4n) is 3.42. The molecule has 1 saturated heterocycles. The van der Waals surface area contributed by atoms with Gasteiger partial charge in [0.2, 0.25) is 5.91 Å². The SMILES string of the molecule is CCNC(=O)[C@@H]1C[C@H](NC(=O)c2cc(C)nc(C)n2)CN1Cc1ncc[nH]1. The molecule has 1 aliphatic heterocycles. The molecule has 9 heteroatoms. The maximum absolute atomic E-state index is 12.6. The number of H-pyrrole nitrogens is 1. The Hall–Kier alpha value is -2.81. The van der Waals surface area contributed by atoms with Crippen molar-refractivity contribution in [3.05, 3.63) is 41.5 Å². The fraction of sp³-hybridized carbons (Fsp3) is 0.500. The molecular weight excluding hydrogens is 346 g/mol. The molecule has 0 aliphatic carbocycles. The minimum absolute atomic E-state index is 0.0328. The van der Waals surface area contributed by atoms with Crippen molar-refractivity contribution in [2.75, 3.05) is 13.1 Å². The lowest BCUT2D eigenvalue weighted by Gasteiger charge is -2.22. The van der Waals surface area contributed by atoms with Gasteiger partial charge in [0.25, 0.3) is 5.91 Å². The molecule has 0 unspecified atom stereocenters. The van der Waals surface area contributed by atoms with Crippen molar-refractivity contribution < 1.29 is 9.59 Å². The first kappa shape index (κ1) is 19.0. The summed E-state index contributed by atoms with van der Waals surface area (Å²) < 4.78 is 0. The molecule has 2 aromatic heterocycles. The molecule has 3 N–H and O–H groups in total. The fourth-order valence-corrected chi connectivity index (χ4v) is 3.42. The smallest absolute Gasteiger partial charge is 0.270 e. The molecule has 0 spiro atoms. The van der Waals surface area contributed by atoms with E-state index in [2.05, 4.69) is 30.6 Å². The number of aryl methyl sites for hydroxylation is 2. The van der Waals surface area contributed by atoms with Gasteiger partial charge in [0.05, 0.1) is 12.6 Å². The lowest BCUT2D eigenvalue weighted by Crippen LogP contribution is -2.42. The summed E-state index contributed by atoms with van der Waals surface area (Å²) >= 11 is 0. The minimum atomic E-state index is -0.311. The second kappa shape index (κ2) is 8.26. The summed E-state index contributed by atoms with van der Waals surface area (Å²) in [7, 11) is 0. The highest BCUT2D eigenvalue weighted by atomic mass is 16.2. The monoisotopic (exact) mass is 371 g/mol. The minimum Gasteiger partial charge on any atom is -0.355 e. The zero-order chi connectivity index (χ0) is 19.4. The van der Waals surface area contributed by atoms with Crippen molar-refractivity contribution in [2.45, 2.75) is 45.8 Å². The Kier molecular flexibility index (Phi) is 5.80. The van der Waals surface area contributed by atoms with Crippen LogP contribution in [0.15, 0.2) is 18.5 Å². The summed E-state index contributed by atoms with van der Waals surface area (Å²) in [6.45, 7) is 7.14. The van der Waals surface area contributed by atoms with E-state index in [1.165, 1.54) is 0 Å². The lowest BCUT2D eigenvalue weighted by molar-refractivity contribution is -0.125. The van der Waals surface area contributed by atoms with Gasteiger partial charge in [-0.25, -0.2) is 15.0 Å². The van der Waals surface area contributed by atoms with E-state index in [-0.39, 0.29) is 23.9 Å². The molecule has 1 fully saturated rings. The van der Waals surface area contributed by atoms with E-state index in [0.29, 0.717) is 37.6 Å². The quantitative estimate of drug-likeness (QED) is 0.674. The second-order valence-electron chi connectivity index (χ2n) is 6.72. The summed E-state index contributed by atoms with van der Waals surface area (Å²) in [4.78, 5) is 42.8. The number of likely N-dealkylation sites (N-methyl/N-ethyl adjacent to an activating group) is 1. The number of carbonyl (C=O) groups excluding carboxylic acids is 2. The van der Waals surface area contributed by atoms with Crippen LogP contribution in [0.1, 0.15) is 41.2 Å². The van der Waals surface area contributed by atoms with Crippen LogP contribution >= 0.6 is 0 Å². The summed E-state index contributed by atoms with van der Waals surface area (Å²) in [6, 6.07) is 1.21. The van der Waals surface area contributed by atoms with E-state index in [4.69, 9.17) is 0 Å². The maximum atomic E-state index is 12.6. The van der Waals surface area contributed by atoms with Crippen LogP contribution in [0.4, 0.5) is 0 Å². The van der Waals surface area contributed by atoms with E-state index in [9.17, 15) is 9.59 Å². The second-order valence-corrected chi connectivity index (χ2v) is 6.72. The molecule has 0 aromatic carbocycles. The van der Waals surface area contributed by atoms with Gasteiger partial charge in [0.15, 0.2) is 0 Å². The molecular formula is C18H25N7O2. The van der Waals surface area contributed by atoms with Crippen LogP contribution in [-0.4, -0.2) is 61.8 Å². The zero-order valence-electron chi connectivity index (χ0n) is 15.8. The third kappa shape index (κ3) is 4.68. The summed E-state index contributed by atoms with van der Waals surface area (Å²) in [5, 5.41) is 5.88. The highest BCUT2D eigenvalue weighted by Crippen LogP contribution is 2.20. The van der Waals surface area contributed by atoms with E-state index in [1.807, 2.05) is 18.7 Å². The molecule has 3 heterocycles. The first-order valence-corrected chi connectivity index (χ1v) is 9.09. The third-order valence-corrected chi connectivity index (χ3v) is 4.50. The Labute approximate surface area is 158 Å². The Balaban J connectivity index is 1.70. The van der Waals surface area contributed by atoms with Crippen LogP contribution in [0, 0.1) is 13.8 Å². The van der Waals surface area contributed by atoms with Crippen molar-refractivity contribution in [3.63, 3.8) is 0 Å². The van der Waals surface area contributed by atoms with E-state index < -0.39 is 0 Å². The van der Waals surface area contributed by atoms with Gasteiger partial charge in [0, 0.05) is 37.2 Å². The highest BCUT2D eigenvalue weighted by Gasteiger charge is 2.37. The number of likely N-dealkylation sites (tertiary alicyclic amines) is 1. The number of aromatic nitrogens is 4. The van der Waals surface area contributed by atoms with Crippen molar-refractivity contribution in [2.24, 2.45) is 0 Å².